The number of piperazine rings is 1. The number of aryl methyl sites for hydroxylation is 1. The third-order valence-electron chi connectivity index (χ3n) is 9.72. The van der Waals surface area contributed by atoms with Crippen molar-refractivity contribution in [3.8, 4) is 11.1 Å². The number of nitrogens with zero attached hydrogens (tertiary/aromatic N) is 5. The molecule has 7 rings (SSSR count). The molecule has 0 aliphatic carbocycles. The summed E-state index contributed by atoms with van der Waals surface area (Å²) in [5.41, 5.74) is 6.84. The van der Waals surface area contributed by atoms with Crippen LogP contribution in [0.1, 0.15) is 61.9 Å². The Kier molecular flexibility index (Phi) is 7.32. The molecule has 4 aliphatic rings. The van der Waals surface area contributed by atoms with E-state index in [2.05, 4.69) is 47.0 Å². The van der Waals surface area contributed by atoms with Crippen molar-refractivity contribution >= 4 is 23.2 Å². The predicted octanol–water partition coefficient (Wildman–Crippen LogP) is 5.10. The van der Waals surface area contributed by atoms with Gasteiger partial charge in [-0.1, -0.05) is 6.07 Å². The van der Waals surface area contributed by atoms with E-state index >= 15 is 0 Å². The summed E-state index contributed by atoms with van der Waals surface area (Å²) in [7, 11) is 2.15. The highest BCUT2D eigenvalue weighted by Crippen LogP contribution is 2.38. The fourth-order valence-electron chi connectivity index (χ4n) is 7.61. The standard InChI is InChI=1S/C34H44N6O4/c1-21-15-35-31-27(21)14-24(16-36-31)23-12-22-8-9-38(32(41)40-25-6-7-26(40)18-37(5)17-25)19-29(22)28(13-23)30-20-43-11-10-39(30)33(42)44-34(2,3)4/h12-16,25-26,30H,6-11,17-20H2,1-5H3,(H,35,36)/t25?,26?,30-/m0/s1. The fourth-order valence-corrected chi connectivity index (χ4v) is 7.61. The first-order valence-corrected chi connectivity index (χ1v) is 16.0. The molecule has 0 spiro atoms. The van der Waals surface area contributed by atoms with Crippen molar-refractivity contribution in [1.29, 1.82) is 0 Å². The summed E-state index contributed by atoms with van der Waals surface area (Å²) in [6, 6.07) is 7.01. The summed E-state index contributed by atoms with van der Waals surface area (Å²) in [5, 5.41) is 1.09. The van der Waals surface area contributed by atoms with Gasteiger partial charge in [0, 0.05) is 68.2 Å². The Bertz CT molecular complexity index is 1580. The lowest BCUT2D eigenvalue weighted by Gasteiger charge is -2.43. The zero-order chi connectivity index (χ0) is 30.7. The monoisotopic (exact) mass is 600 g/mol. The van der Waals surface area contributed by atoms with E-state index in [1.165, 1.54) is 5.56 Å². The van der Waals surface area contributed by atoms with Gasteiger partial charge in [-0.25, -0.2) is 14.6 Å². The van der Waals surface area contributed by atoms with Gasteiger partial charge in [-0.05, 0) is 94.0 Å². The van der Waals surface area contributed by atoms with Crippen molar-refractivity contribution in [2.45, 2.75) is 77.2 Å². The molecule has 0 radical (unpaired) electrons. The van der Waals surface area contributed by atoms with Crippen LogP contribution in [0.25, 0.3) is 22.2 Å². The van der Waals surface area contributed by atoms with Crippen molar-refractivity contribution in [2.75, 3.05) is 46.4 Å². The van der Waals surface area contributed by atoms with E-state index in [1.807, 2.05) is 43.0 Å². The second kappa shape index (κ2) is 11.1. The van der Waals surface area contributed by atoms with Crippen molar-refractivity contribution in [1.82, 2.24) is 29.6 Å². The van der Waals surface area contributed by atoms with Crippen LogP contribution in [0.4, 0.5) is 9.59 Å². The van der Waals surface area contributed by atoms with Crippen molar-refractivity contribution in [2.24, 2.45) is 0 Å². The molecule has 0 saturated carbocycles. The number of likely N-dealkylation sites (tertiary alicyclic amines) is 1. The molecule has 2 unspecified atom stereocenters. The smallest absolute Gasteiger partial charge is 0.410 e. The topological polar surface area (TPSA) is 94.2 Å². The van der Waals surface area contributed by atoms with Gasteiger partial charge in [0.25, 0.3) is 0 Å². The lowest BCUT2D eigenvalue weighted by molar-refractivity contribution is -0.0334. The number of pyridine rings is 1. The van der Waals surface area contributed by atoms with Crippen LogP contribution < -0.4 is 0 Å². The molecule has 1 aromatic carbocycles. The van der Waals surface area contributed by atoms with Crippen molar-refractivity contribution in [3.05, 3.63) is 52.8 Å². The summed E-state index contributed by atoms with van der Waals surface area (Å²) in [5.74, 6) is 0. The minimum atomic E-state index is -0.609. The number of hydrogen-bond acceptors (Lipinski definition) is 6. The quantitative estimate of drug-likeness (QED) is 0.440. The number of aromatic nitrogens is 2. The van der Waals surface area contributed by atoms with Gasteiger partial charge in [-0.3, -0.25) is 4.90 Å². The molecule has 3 fully saturated rings. The SMILES string of the molecule is Cc1c[nH]c2ncc(-c3cc4c(c([C@@H]5COCCN5C(=O)OC(C)(C)C)c3)CN(C(=O)N3C5CCC3CN(C)C5)CC4)cc12. The number of amides is 3. The molecule has 3 atom stereocenters. The van der Waals surface area contributed by atoms with E-state index in [0.717, 1.165) is 71.2 Å². The number of hydrogen-bond donors (Lipinski definition) is 1. The highest BCUT2D eigenvalue weighted by Gasteiger charge is 2.44. The Balaban J connectivity index is 1.28. The second-order valence-electron chi connectivity index (χ2n) is 14.0. The first-order valence-electron chi connectivity index (χ1n) is 16.0. The highest BCUT2D eigenvalue weighted by molar-refractivity contribution is 5.85. The zero-order valence-corrected chi connectivity index (χ0v) is 26.6. The first-order chi connectivity index (χ1) is 21.1. The maximum Gasteiger partial charge on any atom is 0.410 e. The molecule has 1 N–H and O–H groups in total. The van der Waals surface area contributed by atoms with Gasteiger partial charge < -0.3 is 29.2 Å². The van der Waals surface area contributed by atoms with E-state index in [4.69, 9.17) is 14.5 Å². The Morgan fingerprint density at radius 1 is 1.07 bits per heavy atom. The molecular formula is C34H44N6O4. The van der Waals surface area contributed by atoms with Crippen LogP contribution in [-0.2, 0) is 22.4 Å². The molecule has 6 heterocycles. The van der Waals surface area contributed by atoms with Crippen LogP contribution in [0.3, 0.4) is 0 Å². The number of rotatable bonds is 2. The number of fused-ring (bicyclic) bond motifs is 4. The normalized spacial score (nSPS) is 24.1. The van der Waals surface area contributed by atoms with Gasteiger partial charge in [0.2, 0.25) is 0 Å². The molecule has 2 aromatic heterocycles. The van der Waals surface area contributed by atoms with Gasteiger partial charge in [0.1, 0.15) is 11.2 Å². The molecule has 10 heteroatoms. The summed E-state index contributed by atoms with van der Waals surface area (Å²) in [6.07, 6.45) is 6.45. The number of carbonyl (C=O) groups is 2. The molecule has 234 valence electrons. The maximum absolute atomic E-state index is 14.1. The number of H-pyrrole nitrogens is 1. The highest BCUT2D eigenvalue weighted by atomic mass is 16.6. The molecule has 44 heavy (non-hydrogen) atoms. The lowest BCUT2D eigenvalue weighted by Crippen LogP contribution is -2.58. The van der Waals surface area contributed by atoms with E-state index in [-0.39, 0.29) is 30.2 Å². The Labute approximate surface area is 259 Å². The van der Waals surface area contributed by atoms with Gasteiger partial charge in [-0.2, -0.15) is 0 Å². The van der Waals surface area contributed by atoms with E-state index in [9.17, 15) is 9.59 Å². The second-order valence-corrected chi connectivity index (χ2v) is 14.0. The number of likely N-dealkylation sites (N-methyl/N-ethyl adjacent to an activating group) is 1. The lowest BCUT2D eigenvalue weighted by atomic mass is 9.87. The molecule has 10 nitrogen and oxygen atoms in total. The zero-order valence-electron chi connectivity index (χ0n) is 26.6. The first kappa shape index (κ1) is 29.1. The van der Waals surface area contributed by atoms with Crippen LogP contribution in [0.15, 0.2) is 30.6 Å². The third kappa shape index (κ3) is 5.32. The number of ether oxygens (including phenoxy) is 2. The van der Waals surface area contributed by atoms with Crippen LogP contribution in [0, 0.1) is 6.92 Å². The molecule has 2 bridgehead atoms. The number of benzene rings is 1. The average Bonchev–Trinajstić information content (AvgIpc) is 3.50. The van der Waals surface area contributed by atoms with Gasteiger partial charge in [-0.15, -0.1) is 0 Å². The number of carbonyl (C=O) groups excluding carboxylic acids is 2. The number of aromatic amines is 1. The fraction of sp³-hybridized carbons (Fsp3) is 0.559. The molecule has 3 aromatic rings. The maximum atomic E-state index is 14.1. The molecule has 3 saturated heterocycles. The number of nitrogens with one attached hydrogen (secondary N) is 1. The van der Waals surface area contributed by atoms with E-state index < -0.39 is 5.60 Å². The number of morpholine rings is 1. The third-order valence-corrected chi connectivity index (χ3v) is 9.72. The number of urea groups is 1. The minimum absolute atomic E-state index is 0.146. The summed E-state index contributed by atoms with van der Waals surface area (Å²) in [6.45, 7) is 12.1. The van der Waals surface area contributed by atoms with Gasteiger partial charge in [0.05, 0.1) is 19.3 Å². The predicted molar refractivity (Wildman–Crippen MR) is 168 cm³/mol. The average molecular weight is 601 g/mol. The summed E-state index contributed by atoms with van der Waals surface area (Å²) in [4.78, 5) is 43.9. The van der Waals surface area contributed by atoms with Crippen LogP contribution in [0.2, 0.25) is 0 Å². The van der Waals surface area contributed by atoms with Crippen molar-refractivity contribution in [3.63, 3.8) is 0 Å². The van der Waals surface area contributed by atoms with Crippen LogP contribution in [-0.4, -0.2) is 106 Å². The molecular weight excluding hydrogens is 556 g/mol. The van der Waals surface area contributed by atoms with Crippen molar-refractivity contribution < 1.29 is 19.1 Å². The molecule has 3 amide bonds. The van der Waals surface area contributed by atoms with Gasteiger partial charge in [0.15, 0.2) is 0 Å². The summed E-state index contributed by atoms with van der Waals surface area (Å²) >= 11 is 0. The Morgan fingerprint density at radius 2 is 1.84 bits per heavy atom. The van der Waals surface area contributed by atoms with E-state index in [0.29, 0.717) is 32.8 Å². The largest absolute Gasteiger partial charge is 0.444 e. The Morgan fingerprint density at radius 3 is 2.59 bits per heavy atom. The van der Waals surface area contributed by atoms with Crippen LogP contribution in [0.5, 0.6) is 0 Å². The van der Waals surface area contributed by atoms with E-state index in [1.54, 1.807) is 0 Å². The molecule has 4 aliphatic heterocycles. The Hall–Kier alpha value is -3.63. The van der Waals surface area contributed by atoms with Gasteiger partial charge >= 0.3 is 12.1 Å². The minimum Gasteiger partial charge on any atom is -0.444 e. The summed E-state index contributed by atoms with van der Waals surface area (Å²) < 4.78 is 11.9. The van der Waals surface area contributed by atoms with Crippen LogP contribution >= 0.6 is 0 Å².